The number of phenols is 1. The Balaban J connectivity index is 2.32. The molecule has 22 heavy (non-hydrogen) atoms. The fraction of sp³-hybridized carbons (Fsp3) is 0.231. The second-order valence-electron chi connectivity index (χ2n) is 4.38. The van der Waals surface area contributed by atoms with Gasteiger partial charge in [0.05, 0.1) is 11.3 Å². The molecule has 0 atom stereocenters. The van der Waals surface area contributed by atoms with Crippen LogP contribution < -0.4 is 10.8 Å². The van der Waals surface area contributed by atoms with Crippen LogP contribution in [0.1, 0.15) is 28.0 Å². The fourth-order valence-electron chi connectivity index (χ4n) is 1.72. The average molecular weight is 326 g/mol. The number of phenolic OH excluding ortho intramolecular Hbond substituents is 1. The minimum atomic E-state index is -4.57. The van der Waals surface area contributed by atoms with Gasteiger partial charge in [0.2, 0.25) is 0 Å². The van der Waals surface area contributed by atoms with Crippen LogP contribution in [-0.4, -0.2) is 23.8 Å². The van der Waals surface area contributed by atoms with E-state index >= 15 is 0 Å². The van der Waals surface area contributed by atoms with Gasteiger partial charge in [0.15, 0.2) is 5.01 Å². The Bertz CT molecular complexity index is 716. The van der Waals surface area contributed by atoms with Crippen molar-refractivity contribution >= 4 is 35.6 Å². The molecule has 2 N–H and O–H groups in total. The molecule has 1 heterocycles. The normalized spacial score (nSPS) is 11.5. The zero-order valence-corrected chi connectivity index (χ0v) is 12.2. The number of hydrogen-bond acceptors (Lipinski definition) is 4. The van der Waals surface area contributed by atoms with E-state index in [-0.39, 0.29) is 33.9 Å². The van der Waals surface area contributed by atoms with Gasteiger partial charge in [-0.1, -0.05) is 35.9 Å². The zero-order chi connectivity index (χ0) is 16.5. The Morgan fingerprint density at radius 3 is 2.73 bits per heavy atom. The summed E-state index contributed by atoms with van der Waals surface area (Å²) in [6, 6.07) is 3.87. The lowest BCUT2D eigenvalue weighted by Gasteiger charge is -2.07. The summed E-state index contributed by atoms with van der Waals surface area (Å²) in [6.07, 6.45) is -4.35. The smallest absolute Gasteiger partial charge is 0.443 e. The number of alkyl halides is 3. The number of halogens is 3. The van der Waals surface area contributed by atoms with Gasteiger partial charge >= 0.3 is 6.18 Å². The van der Waals surface area contributed by atoms with Crippen molar-refractivity contribution in [2.24, 2.45) is 0 Å². The van der Waals surface area contributed by atoms with Crippen LogP contribution in [0.3, 0.4) is 0 Å². The highest BCUT2D eigenvalue weighted by Gasteiger charge is 2.36. The van der Waals surface area contributed by atoms with Crippen LogP contribution in [0.4, 0.5) is 18.2 Å². The first-order valence-corrected chi connectivity index (χ1v) is 7.00. The van der Waals surface area contributed by atoms with Crippen molar-refractivity contribution in [2.75, 3.05) is 5.32 Å². The summed E-state index contributed by atoms with van der Waals surface area (Å²) in [5, 5.41) is 10.9. The van der Waals surface area contributed by atoms with E-state index in [9.17, 15) is 23.1 Å². The number of thiazole rings is 1. The summed E-state index contributed by atoms with van der Waals surface area (Å²) in [4.78, 5) is 15.6. The van der Waals surface area contributed by atoms with Gasteiger partial charge in [0.25, 0.3) is 5.91 Å². The number of aryl methyl sites for hydroxylation is 1. The predicted molar refractivity (Wildman–Crippen MR) is 77.9 cm³/mol. The Morgan fingerprint density at radius 1 is 1.45 bits per heavy atom. The minimum Gasteiger partial charge on any atom is -0.507 e. The van der Waals surface area contributed by atoms with Crippen LogP contribution in [-0.2, 0) is 12.6 Å². The molecule has 1 aromatic heterocycles. The Kier molecular flexibility index (Phi) is 4.46. The number of hydrogen-bond donors (Lipinski definition) is 2. The summed E-state index contributed by atoms with van der Waals surface area (Å²) >= 11 is 0.343. The maximum absolute atomic E-state index is 12.7. The van der Waals surface area contributed by atoms with E-state index in [1.165, 1.54) is 18.2 Å². The lowest BCUT2D eigenvalue weighted by Crippen LogP contribution is -2.15. The van der Waals surface area contributed by atoms with Crippen molar-refractivity contribution in [3.63, 3.8) is 0 Å². The monoisotopic (exact) mass is 326 g/mol. The molecule has 0 bridgehead atoms. The van der Waals surface area contributed by atoms with Gasteiger partial charge in [-0.25, -0.2) is 4.98 Å². The number of amides is 1. The Hall–Kier alpha value is -2.03. The molecule has 0 unspecified atom stereocenters. The van der Waals surface area contributed by atoms with Crippen molar-refractivity contribution in [3.05, 3.63) is 34.5 Å². The number of anilines is 1. The lowest BCUT2D eigenvalue weighted by molar-refractivity contribution is -0.137. The Labute approximate surface area is 129 Å². The molecule has 0 saturated heterocycles. The van der Waals surface area contributed by atoms with Crippen LogP contribution >= 0.6 is 11.3 Å². The fourth-order valence-corrected chi connectivity index (χ4v) is 2.63. The third kappa shape index (κ3) is 3.41. The minimum absolute atomic E-state index is 0.00153. The molecule has 0 saturated carbocycles. The van der Waals surface area contributed by atoms with Gasteiger partial charge < -0.3 is 10.4 Å². The molecule has 0 fully saturated rings. The Morgan fingerprint density at radius 2 is 2.14 bits per heavy atom. The van der Waals surface area contributed by atoms with Gasteiger partial charge in [-0.3, -0.25) is 4.79 Å². The van der Waals surface area contributed by atoms with Crippen molar-refractivity contribution in [1.82, 2.24) is 4.98 Å². The quantitative estimate of drug-likeness (QED) is 0.852. The van der Waals surface area contributed by atoms with E-state index in [1.807, 2.05) is 0 Å². The van der Waals surface area contributed by atoms with Gasteiger partial charge in [-0.15, -0.1) is 0 Å². The van der Waals surface area contributed by atoms with E-state index in [4.69, 9.17) is 7.85 Å². The van der Waals surface area contributed by atoms with Gasteiger partial charge in [0, 0.05) is 0 Å². The van der Waals surface area contributed by atoms with Crippen LogP contribution in [0.25, 0.3) is 0 Å². The third-order valence-electron chi connectivity index (χ3n) is 2.77. The van der Waals surface area contributed by atoms with Crippen LogP contribution in [0.5, 0.6) is 5.75 Å². The molecule has 2 rings (SSSR count). The predicted octanol–water partition coefficient (Wildman–Crippen LogP) is 2.48. The van der Waals surface area contributed by atoms with Crippen LogP contribution in [0, 0.1) is 0 Å². The molecule has 9 heteroatoms. The molecule has 1 amide bonds. The number of aromatic nitrogens is 1. The number of nitrogens with one attached hydrogen (secondary N) is 1. The van der Waals surface area contributed by atoms with Crippen molar-refractivity contribution in [1.29, 1.82) is 0 Å². The van der Waals surface area contributed by atoms with Crippen molar-refractivity contribution < 1.29 is 23.1 Å². The second kappa shape index (κ2) is 6.00. The topological polar surface area (TPSA) is 62.2 Å². The van der Waals surface area contributed by atoms with Gasteiger partial charge in [-0.2, -0.15) is 13.2 Å². The highest BCUT2D eigenvalue weighted by atomic mass is 32.1. The number of aromatic hydroxyl groups is 1. The molecule has 0 aliphatic rings. The number of carbonyl (C=O) groups excluding carboxylic acids is 1. The molecular formula is C13H10BF3N2O2S. The molecule has 2 aromatic rings. The largest absolute Gasteiger partial charge is 0.507 e. The maximum Gasteiger partial charge on any atom is 0.443 e. The molecule has 1 aromatic carbocycles. The standard InChI is InChI=1S/C13H10BF3N2O2S/c1-2-8-11(22-12(18-8)13(15,16)17)19-10(21)7-5-6(14)3-4-9(7)20/h3-5,20H,2H2,1H3,(H,19,21). The van der Waals surface area contributed by atoms with Crippen molar-refractivity contribution in [2.45, 2.75) is 19.5 Å². The number of carbonyl (C=O) groups is 1. The third-order valence-corrected chi connectivity index (χ3v) is 3.82. The van der Waals surface area contributed by atoms with Gasteiger partial charge in [-0.05, 0) is 12.5 Å². The second-order valence-corrected chi connectivity index (χ2v) is 5.38. The SMILES string of the molecule is [B]c1ccc(O)c(C(=O)Nc2sc(C(F)(F)F)nc2CC)c1. The molecule has 0 spiro atoms. The molecule has 4 nitrogen and oxygen atoms in total. The van der Waals surface area contributed by atoms with Crippen molar-refractivity contribution in [3.8, 4) is 5.75 Å². The summed E-state index contributed by atoms with van der Waals surface area (Å²) < 4.78 is 38.0. The zero-order valence-electron chi connectivity index (χ0n) is 11.4. The maximum atomic E-state index is 12.7. The first-order chi connectivity index (χ1) is 10.2. The first kappa shape index (κ1) is 16.3. The van der Waals surface area contributed by atoms with E-state index in [1.54, 1.807) is 6.92 Å². The number of benzene rings is 1. The highest BCUT2D eigenvalue weighted by molar-refractivity contribution is 7.16. The molecular weight excluding hydrogens is 316 g/mol. The number of rotatable bonds is 3. The summed E-state index contributed by atoms with van der Waals surface area (Å²) in [7, 11) is 5.53. The van der Waals surface area contributed by atoms with E-state index in [0.29, 0.717) is 11.3 Å². The van der Waals surface area contributed by atoms with E-state index < -0.39 is 17.1 Å². The van der Waals surface area contributed by atoms with Crippen LogP contribution in [0.2, 0.25) is 0 Å². The average Bonchev–Trinajstić information content (AvgIpc) is 2.84. The summed E-state index contributed by atoms with van der Waals surface area (Å²) in [5.41, 5.74) is 0.261. The highest BCUT2D eigenvalue weighted by Crippen LogP contribution is 2.37. The van der Waals surface area contributed by atoms with Gasteiger partial charge in [0.1, 0.15) is 18.6 Å². The van der Waals surface area contributed by atoms with Crippen LogP contribution in [0.15, 0.2) is 18.2 Å². The molecule has 0 aliphatic heterocycles. The van der Waals surface area contributed by atoms with E-state index in [0.717, 1.165) is 0 Å². The summed E-state index contributed by atoms with van der Waals surface area (Å²) in [6.45, 7) is 1.63. The lowest BCUT2D eigenvalue weighted by atomic mass is 9.94. The summed E-state index contributed by atoms with van der Waals surface area (Å²) in [5.74, 6) is -1.07. The first-order valence-electron chi connectivity index (χ1n) is 6.19. The number of nitrogens with zero attached hydrogens (tertiary/aromatic N) is 1. The molecule has 2 radical (unpaired) electrons. The molecule has 0 aliphatic carbocycles. The van der Waals surface area contributed by atoms with E-state index in [2.05, 4.69) is 10.3 Å². The molecule has 114 valence electrons.